The number of aryl methyl sites for hydroxylation is 2. The molecule has 0 saturated heterocycles. The lowest BCUT2D eigenvalue weighted by atomic mass is 10.2. The maximum atomic E-state index is 4.56. The summed E-state index contributed by atoms with van der Waals surface area (Å²) in [5.74, 6) is 0.682. The summed E-state index contributed by atoms with van der Waals surface area (Å²) in [6, 6.07) is 0. The Hall–Kier alpha value is -0.480. The molecule has 1 atom stereocenters. The predicted molar refractivity (Wildman–Crippen MR) is 80.1 cm³/mol. The van der Waals surface area contributed by atoms with Gasteiger partial charge in [0.05, 0.1) is 10.7 Å². The Labute approximate surface area is 116 Å². The lowest BCUT2D eigenvalue weighted by molar-refractivity contribution is 0.628. The Balaban J connectivity index is 2.81. The molecule has 1 rings (SSSR count). The molecular weight excluding hydrogens is 242 g/mol. The van der Waals surface area contributed by atoms with Crippen molar-refractivity contribution in [1.82, 2.24) is 15.1 Å². The van der Waals surface area contributed by atoms with Crippen LogP contribution in [0.25, 0.3) is 0 Å². The van der Waals surface area contributed by atoms with Crippen LogP contribution >= 0.6 is 11.8 Å². The zero-order chi connectivity index (χ0) is 13.7. The summed E-state index contributed by atoms with van der Waals surface area (Å²) >= 11 is 1.94. The zero-order valence-electron chi connectivity index (χ0n) is 12.6. The minimum Gasteiger partial charge on any atom is -0.313 e. The van der Waals surface area contributed by atoms with E-state index in [2.05, 4.69) is 45.0 Å². The number of hydrogen-bond donors (Lipinski definition) is 1. The molecule has 0 saturated carbocycles. The normalized spacial score (nSPS) is 13.3. The van der Waals surface area contributed by atoms with E-state index in [0.29, 0.717) is 11.2 Å². The van der Waals surface area contributed by atoms with Crippen LogP contribution in [0.4, 0.5) is 0 Å². The lowest BCUT2D eigenvalue weighted by Gasteiger charge is -2.16. The summed E-state index contributed by atoms with van der Waals surface area (Å²) in [6.45, 7) is 13.1. The molecule has 0 aromatic carbocycles. The summed E-state index contributed by atoms with van der Waals surface area (Å²) in [6.07, 6.45) is 1.17. The van der Waals surface area contributed by atoms with Gasteiger partial charge in [0.1, 0.15) is 0 Å². The number of nitrogens with zero attached hydrogens (tertiary/aromatic N) is 2. The minimum absolute atomic E-state index is 0.615. The molecule has 0 spiro atoms. The van der Waals surface area contributed by atoms with E-state index in [1.807, 2.05) is 23.5 Å². The average molecular weight is 269 g/mol. The van der Waals surface area contributed by atoms with Crippen LogP contribution in [0.15, 0.2) is 5.03 Å². The highest BCUT2D eigenvalue weighted by Gasteiger charge is 2.17. The van der Waals surface area contributed by atoms with Gasteiger partial charge in [0.2, 0.25) is 0 Å². The Morgan fingerprint density at radius 3 is 2.56 bits per heavy atom. The molecule has 4 heteroatoms. The summed E-state index contributed by atoms with van der Waals surface area (Å²) in [4.78, 5) is 0. The molecule has 1 unspecified atom stereocenters. The quantitative estimate of drug-likeness (QED) is 0.608. The van der Waals surface area contributed by atoms with Crippen LogP contribution in [0, 0.1) is 12.8 Å². The molecule has 0 aliphatic heterocycles. The van der Waals surface area contributed by atoms with Crippen LogP contribution in [-0.2, 0) is 13.6 Å². The van der Waals surface area contributed by atoms with Gasteiger partial charge in [-0.25, -0.2) is 0 Å². The fourth-order valence-corrected chi connectivity index (χ4v) is 2.91. The van der Waals surface area contributed by atoms with Crippen molar-refractivity contribution in [1.29, 1.82) is 0 Å². The van der Waals surface area contributed by atoms with E-state index < -0.39 is 0 Å². The third kappa shape index (κ3) is 4.02. The van der Waals surface area contributed by atoms with Crippen molar-refractivity contribution < 1.29 is 0 Å². The van der Waals surface area contributed by atoms with Crippen LogP contribution in [0.2, 0.25) is 0 Å². The second kappa shape index (κ2) is 7.19. The van der Waals surface area contributed by atoms with Gasteiger partial charge in [-0.1, -0.05) is 27.7 Å². The highest BCUT2D eigenvalue weighted by atomic mass is 32.2. The van der Waals surface area contributed by atoms with Gasteiger partial charge >= 0.3 is 0 Å². The van der Waals surface area contributed by atoms with Crippen molar-refractivity contribution in [2.75, 3.05) is 6.54 Å². The van der Waals surface area contributed by atoms with E-state index in [9.17, 15) is 0 Å². The van der Waals surface area contributed by atoms with Crippen molar-refractivity contribution >= 4 is 11.8 Å². The number of thioether (sulfide) groups is 1. The molecule has 3 nitrogen and oxygen atoms in total. The predicted octanol–water partition coefficient (Wildman–Crippen LogP) is 3.36. The zero-order valence-corrected chi connectivity index (χ0v) is 13.4. The van der Waals surface area contributed by atoms with Gasteiger partial charge < -0.3 is 5.32 Å². The summed E-state index contributed by atoms with van der Waals surface area (Å²) in [5.41, 5.74) is 2.52. The summed E-state index contributed by atoms with van der Waals surface area (Å²) < 4.78 is 2.03. The minimum atomic E-state index is 0.615. The van der Waals surface area contributed by atoms with Gasteiger partial charge in [0.15, 0.2) is 0 Å². The van der Waals surface area contributed by atoms with Crippen molar-refractivity contribution in [2.24, 2.45) is 13.0 Å². The first kappa shape index (κ1) is 15.6. The van der Waals surface area contributed by atoms with Crippen LogP contribution in [0.5, 0.6) is 0 Å². The van der Waals surface area contributed by atoms with Gasteiger partial charge in [0, 0.05) is 24.4 Å². The maximum absolute atomic E-state index is 4.56. The molecular formula is C14H27N3S. The Morgan fingerprint density at radius 1 is 1.33 bits per heavy atom. The molecule has 0 aliphatic carbocycles. The molecule has 0 bridgehead atoms. The highest BCUT2D eigenvalue weighted by molar-refractivity contribution is 7.99. The number of rotatable bonds is 7. The second-order valence-corrected chi connectivity index (χ2v) is 6.60. The molecule has 0 amide bonds. The molecule has 1 aromatic heterocycles. The van der Waals surface area contributed by atoms with E-state index in [-0.39, 0.29) is 0 Å². The number of nitrogens with one attached hydrogen (secondary N) is 1. The molecule has 18 heavy (non-hydrogen) atoms. The first-order valence-corrected chi connectivity index (χ1v) is 7.75. The fraction of sp³-hybridized carbons (Fsp3) is 0.786. The first-order chi connectivity index (χ1) is 8.47. The van der Waals surface area contributed by atoms with Crippen LogP contribution in [0.1, 0.15) is 45.4 Å². The van der Waals surface area contributed by atoms with Crippen LogP contribution in [0.3, 0.4) is 0 Å². The van der Waals surface area contributed by atoms with E-state index in [0.717, 1.165) is 18.8 Å². The Kier molecular flexibility index (Phi) is 6.22. The van der Waals surface area contributed by atoms with Gasteiger partial charge in [-0.3, -0.25) is 4.68 Å². The molecule has 0 aliphatic rings. The van der Waals surface area contributed by atoms with Gasteiger partial charge in [-0.2, -0.15) is 5.10 Å². The summed E-state index contributed by atoms with van der Waals surface area (Å²) in [7, 11) is 2.05. The molecule has 0 radical (unpaired) electrons. The number of hydrogen-bond acceptors (Lipinski definition) is 3. The van der Waals surface area contributed by atoms with Crippen molar-refractivity contribution in [3.8, 4) is 0 Å². The number of aromatic nitrogens is 2. The summed E-state index contributed by atoms with van der Waals surface area (Å²) in [5, 5.41) is 9.97. The van der Waals surface area contributed by atoms with Gasteiger partial charge in [0.25, 0.3) is 0 Å². The van der Waals surface area contributed by atoms with Gasteiger partial charge in [-0.15, -0.1) is 11.8 Å². The van der Waals surface area contributed by atoms with E-state index in [1.54, 1.807) is 0 Å². The van der Waals surface area contributed by atoms with Crippen LogP contribution < -0.4 is 5.32 Å². The largest absolute Gasteiger partial charge is 0.313 e. The third-order valence-electron chi connectivity index (χ3n) is 3.25. The molecule has 0 fully saturated rings. The van der Waals surface area contributed by atoms with Gasteiger partial charge in [-0.05, 0) is 25.8 Å². The smallest absolute Gasteiger partial charge is 0.0987 e. The molecule has 1 heterocycles. The molecule has 104 valence electrons. The standard InChI is InChI=1S/C14H27N3S/c1-7-8-15-9-13-11(4)16-17(6)14(13)18-12(5)10(2)3/h10,12,15H,7-9H2,1-6H3. The monoisotopic (exact) mass is 269 g/mol. The van der Waals surface area contributed by atoms with Crippen molar-refractivity contribution in [2.45, 2.75) is 57.9 Å². The van der Waals surface area contributed by atoms with E-state index in [4.69, 9.17) is 0 Å². The average Bonchev–Trinajstić information content (AvgIpc) is 2.55. The van der Waals surface area contributed by atoms with E-state index in [1.165, 1.54) is 17.0 Å². The molecule has 1 aromatic rings. The van der Waals surface area contributed by atoms with E-state index >= 15 is 0 Å². The lowest BCUT2D eigenvalue weighted by Crippen LogP contribution is -2.15. The SMILES string of the molecule is CCCNCc1c(C)nn(C)c1SC(C)C(C)C. The molecule has 1 N–H and O–H groups in total. The fourth-order valence-electron chi connectivity index (χ4n) is 1.73. The highest BCUT2D eigenvalue weighted by Crippen LogP contribution is 2.31. The van der Waals surface area contributed by atoms with Crippen LogP contribution in [-0.4, -0.2) is 21.6 Å². The van der Waals surface area contributed by atoms with Crippen molar-refractivity contribution in [3.05, 3.63) is 11.3 Å². The Bertz CT molecular complexity index is 371. The topological polar surface area (TPSA) is 29.9 Å². The maximum Gasteiger partial charge on any atom is 0.0987 e. The Morgan fingerprint density at radius 2 is 2.00 bits per heavy atom. The third-order valence-corrected chi connectivity index (χ3v) is 4.90. The second-order valence-electron chi connectivity index (χ2n) is 5.24. The first-order valence-electron chi connectivity index (χ1n) is 6.87. The van der Waals surface area contributed by atoms with Crippen molar-refractivity contribution in [3.63, 3.8) is 0 Å².